The number of benzene rings is 2. The van der Waals surface area contributed by atoms with Crippen molar-refractivity contribution < 1.29 is 14.6 Å². The fourth-order valence-electron chi connectivity index (χ4n) is 3.44. The maximum Gasteiger partial charge on any atom is 0.166 e. The van der Waals surface area contributed by atoms with E-state index in [9.17, 15) is 9.90 Å². The van der Waals surface area contributed by atoms with Crippen molar-refractivity contribution in [2.24, 2.45) is 0 Å². The van der Waals surface area contributed by atoms with Crippen molar-refractivity contribution in [2.45, 2.75) is 18.8 Å². The number of Topliss-reactive ketones (excluding diaryl/α,β-unsaturated/α-hetero) is 1. The van der Waals surface area contributed by atoms with Crippen LogP contribution in [0.5, 0.6) is 11.5 Å². The Morgan fingerprint density at radius 1 is 1.12 bits per heavy atom. The van der Waals surface area contributed by atoms with Gasteiger partial charge in [0.15, 0.2) is 5.78 Å². The van der Waals surface area contributed by atoms with Gasteiger partial charge < -0.3 is 9.84 Å². The number of hydrogen-bond donors (Lipinski definition) is 1. The molecular weight excluding hydrogens is 316 g/mol. The number of para-hydroxylation sites is 1. The van der Waals surface area contributed by atoms with Crippen LogP contribution in [0.25, 0.3) is 5.69 Å². The molecule has 1 atom stereocenters. The first-order valence-electron chi connectivity index (χ1n) is 8.20. The van der Waals surface area contributed by atoms with Gasteiger partial charge in [-0.3, -0.25) is 4.79 Å². The molecule has 126 valence electrons. The van der Waals surface area contributed by atoms with Crippen molar-refractivity contribution in [2.75, 3.05) is 7.11 Å². The monoisotopic (exact) mass is 334 g/mol. The minimum Gasteiger partial charge on any atom is -0.508 e. The van der Waals surface area contributed by atoms with E-state index in [0.29, 0.717) is 18.4 Å². The fourth-order valence-corrected chi connectivity index (χ4v) is 3.44. The van der Waals surface area contributed by atoms with E-state index in [2.05, 4.69) is 5.10 Å². The number of carbonyl (C=O) groups excluding carboxylic acids is 1. The van der Waals surface area contributed by atoms with E-state index in [4.69, 9.17) is 4.74 Å². The smallest absolute Gasteiger partial charge is 0.166 e. The Bertz CT molecular complexity index is 928. The lowest BCUT2D eigenvalue weighted by molar-refractivity contribution is 0.0963. The van der Waals surface area contributed by atoms with E-state index in [1.807, 2.05) is 36.4 Å². The molecule has 1 N–H and O–H groups in total. The Morgan fingerprint density at radius 3 is 2.60 bits per heavy atom. The lowest BCUT2D eigenvalue weighted by Gasteiger charge is -2.23. The minimum absolute atomic E-state index is 0.0464. The molecule has 1 aliphatic rings. The molecule has 0 bridgehead atoms. The number of ether oxygens (including phenoxy) is 1. The number of methoxy groups -OCH3 is 1. The Morgan fingerprint density at radius 2 is 1.88 bits per heavy atom. The highest BCUT2D eigenvalue weighted by Crippen LogP contribution is 2.37. The summed E-state index contributed by atoms with van der Waals surface area (Å²) in [5, 5.41) is 14.6. The van der Waals surface area contributed by atoms with E-state index in [1.165, 1.54) is 0 Å². The second kappa shape index (κ2) is 6.09. The van der Waals surface area contributed by atoms with Crippen LogP contribution in [0.2, 0.25) is 0 Å². The third-order valence-electron chi connectivity index (χ3n) is 4.73. The van der Waals surface area contributed by atoms with E-state index in [1.54, 1.807) is 30.1 Å². The molecule has 25 heavy (non-hydrogen) atoms. The minimum atomic E-state index is -0.0464. The van der Waals surface area contributed by atoms with Gasteiger partial charge in [0.2, 0.25) is 0 Å². The predicted octanol–water partition coefficient (Wildman–Crippen LogP) is 3.50. The summed E-state index contributed by atoms with van der Waals surface area (Å²) in [7, 11) is 1.63. The summed E-state index contributed by atoms with van der Waals surface area (Å²) >= 11 is 0. The fraction of sp³-hybridized carbons (Fsp3) is 0.200. The van der Waals surface area contributed by atoms with Gasteiger partial charge >= 0.3 is 0 Å². The maximum atomic E-state index is 12.6. The summed E-state index contributed by atoms with van der Waals surface area (Å²) in [5.41, 5.74) is 3.24. The van der Waals surface area contributed by atoms with Crippen LogP contribution in [0.1, 0.15) is 34.0 Å². The molecule has 0 saturated heterocycles. The average Bonchev–Trinajstić information content (AvgIpc) is 3.07. The van der Waals surface area contributed by atoms with Crippen molar-refractivity contribution in [3.05, 3.63) is 71.5 Å². The molecule has 0 saturated carbocycles. The Labute approximate surface area is 145 Å². The molecule has 0 spiro atoms. The second-order valence-corrected chi connectivity index (χ2v) is 6.20. The van der Waals surface area contributed by atoms with E-state index < -0.39 is 0 Å². The first-order valence-corrected chi connectivity index (χ1v) is 8.20. The summed E-state index contributed by atoms with van der Waals surface area (Å²) in [6.45, 7) is 0. The topological polar surface area (TPSA) is 64.3 Å². The SMILES string of the molecule is COc1ccc(-n2ncc3c2CC(c2ccccc2O)CC3=O)cc1. The number of fused-ring (bicyclic) bond motifs is 1. The largest absolute Gasteiger partial charge is 0.508 e. The average molecular weight is 334 g/mol. The van der Waals surface area contributed by atoms with Crippen LogP contribution in [0.15, 0.2) is 54.7 Å². The van der Waals surface area contributed by atoms with Gasteiger partial charge in [0.05, 0.1) is 30.3 Å². The van der Waals surface area contributed by atoms with Crippen molar-refractivity contribution in [1.29, 1.82) is 0 Å². The maximum absolute atomic E-state index is 12.6. The van der Waals surface area contributed by atoms with Crippen LogP contribution < -0.4 is 4.74 Å². The summed E-state index contributed by atoms with van der Waals surface area (Å²) in [6, 6.07) is 14.8. The summed E-state index contributed by atoms with van der Waals surface area (Å²) in [6.07, 6.45) is 2.69. The van der Waals surface area contributed by atoms with Gasteiger partial charge in [-0.15, -0.1) is 0 Å². The zero-order valence-electron chi connectivity index (χ0n) is 13.8. The molecule has 3 aromatic rings. The van der Waals surface area contributed by atoms with Crippen LogP contribution in [-0.4, -0.2) is 27.8 Å². The van der Waals surface area contributed by atoms with Crippen molar-refractivity contribution in [3.8, 4) is 17.2 Å². The van der Waals surface area contributed by atoms with Gasteiger partial charge in [-0.2, -0.15) is 5.10 Å². The van der Waals surface area contributed by atoms with Crippen LogP contribution >= 0.6 is 0 Å². The van der Waals surface area contributed by atoms with Gasteiger partial charge in [-0.05, 0) is 42.3 Å². The molecule has 1 aromatic heterocycles. The molecule has 1 heterocycles. The lowest BCUT2D eigenvalue weighted by atomic mass is 9.82. The molecule has 1 unspecified atom stereocenters. The Hall–Kier alpha value is -3.08. The molecule has 5 nitrogen and oxygen atoms in total. The summed E-state index contributed by atoms with van der Waals surface area (Å²) < 4.78 is 7.00. The first-order chi connectivity index (χ1) is 12.2. The predicted molar refractivity (Wildman–Crippen MR) is 93.6 cm³/mol. The lowest BCUT2D eigenvalue weighted by Crippen LogP contribution is -2.20. The highest BCUT2D eigenvalue weighted by Gasteiger charge is 2.31. The zero-order chi connectivity index (χ0) is 17.4. The van der Waals surface area contributed by atoms with Gasteiger partial charge in [-0.25, -0.2) is 4.68 Å². The normalized spacial score (nSPS) is 16.5. The highest BCUT2D eigenvalue weighted by molar-refractivity contribution is 5.98. The number of phenolic OH excluding ortho intramolecular Hbond substituents is 1. The standard InChI is InChI=1S/C20H18N2O3/c1-25-15-8-6-14(7-9-15)22-18-10-13(11-20(24)17(18)12-21-22)16-4-2-3-5-19(16)23/h2-9,12-13,23H,10-11H2,1H3. The van der Waals surface area contributed by atoms with Crippen LogP contribution in [0, 0.1) is 0 Å². The third kappa shape index (κ3) is 2.67. The van der Waals surface area contributed by atoms with Gasteiger partial charge in [0.1, 0.15) is 11.5 Å². The Kier molecular flexibility index (Phi) is 3.76. The molecule has 0 amide bonds. The molecule has 0 fully saturated rings. The quantitative estimate of drug-likeness (QED) is 0.796. The molecule has 0 radical (unpaired) electrons. The number of aromatic nitrogens is 2. The molecule has 4 rings (SSSR count). The van der Waals surface area contributed by atoms with Gasteiger partial charge in [0.25, 0.3) is 0 Å². The molecular formula is C20H18N2O3. The van der Waals surface area contributed by atoms with E-state index >= 15 is 0 Å². The second-order valence-electron chi connectivity index (χ2n) is 6.20. The van der Waals surface area contributed by atoms with Crippen LogP contribution in [-0.2, 0) is 6.42 Å². The van der Waals surface area contributed by atoms with Crippen LogP contribution in [0.4, 0.5) is 0 Å². The van der Waals surface area contributed by atoms with Crippen molar-refractivity contribution in [3.63, 3.8) is 0 Å². The first kappa shape index (κ1) is 15.4. The summed E-state index contributed by atoms with van der Waals surface area (Å²) in [4.78, 5) is 12.6. The summed E-state index contributed by atoms with van der Waals surface area (Å²) in [5.74, 6) is 1.02. The Balaban J connectivity index is 1.74. The molecule has 1 aliphatic carbocycles. The van der Waals surface area contributed by atoms with Gasteiger partial charge in [-0.1, -0.05) is 18.2 Å². The molecule has 2 aromatic carbocycles. The molecule has 0 aliphatic heterocycles. The highest BCUT2D eigenvalue weighted by atomic mass is 16.5. The zero-order valence-corrected chi connectivity index (χ0v) is 13.8. The van der Waals surface area contributed by atoms with E-state index in [-0.39, 0.29) is 17.5 Å². The van der Waals surface area contributed by atoms with Crippen LogP contribution in [0.3, 0.4) is 0 Å². The molecule has 5 heteroatoms. The van der Waals surface area contributed by atoms with Gasteiger partial charge in [0, 0.05) is 12.3 Å². The van der Waals surface area contributed by atoms with E-state index in [0.717, 1.165) is 22.7 Å². The number of nitrogens with zero attached hydrogens (tertiary/aromatic N) is 2. The number of carbonyl (C=O) groups is 1. The number of aromatic hydroxyl groups is 1. The third-order valence-corrected chi connectivity index (χ3v) is 4.73. The number of phenols is 1. The number of hydrogen-bond acceptors (Lipinski definition) is 4. The number of rotatable bonds is 3. The van der Waals surface area contributed by atoms with Crippen molar-refractivity contribution in [1.82, 2.24) is 9.78 Å². The van der Waals surface area contributed by atoms with Crippen molar-refractivity contribution >= 4 is 5.78 Å². The number of ketones is 1.